The Morgan fingerprint density at radius 2 is 2.12 bits per heavy atom. The highest BCUT2D eigenvalue weighted by Crippen LogP contribution is 2.29. The van der Waals surface area contributed by atoms with Crippen molar-refractivity contribution < 1.29 is 9.50 Å². The van der Waals surface area contributed by atoms with Crippen LogP contribution in [0.25, 0.3) is 0 Å². The molecule has 1 fully saturated rings. The molecule has 0 saturated carbocycles. The minimum Gasteiger partial charge on any atom is -0.396 e. The molecule has 2 unspecified atom stereocenters. The summed E-state index contributed by atoms with van der Waals surface area (Å²) in [5.41, 5.74) is 1.17. The van der Waals surface area contributed by atoms with Gasteiger partial charge in [0.25, 0.3) is 0 Å². The molecular weight excluding hydrogens is 217 g/mol. The molecule has 94 valence electrons. The second kappa shape index (κ2) is 5.61. The Bertz CT molecular complexity index is 352. The van der Waals surface area contributed by atoms with E-state index in [0.717, 1.165) is 25.9 Å². The van der Waals surface area contributed by atoms with Gasteiger partial charge in [0.1, 0.15) is 5.82 Å². The van der Waals surface area contributed by atoms with Gasteiger partial charge >= 0.3 is 0 Å². The summed E-state index contributed by atoms with van der Waals surface area (Å²) >= 11 is 0. The number of aliphatic hydroxyl groups is 1. The van der Waals surface area contributed by atoms with Gasteiger partial charge in [-0.3, -0.25) is 4.90 Å². The van der Waals surface area contributed by atoms with Gasteiger partial charge in [-0.25, -0.2) is 4.39 Å². The highest BCUT2D eigenvalue weighted by Gasteiger charge is 2.27. The molecule has 0 amide bonds. The van der Waals surface area contributed by atoms with Gasteiger partial charge in [0.15, 0.2) is 0 Å². The normalized spacial score (nSPS) is 22.9. The summed E-state index contributed by atoms with van der Waals surface area (Å²) in [5, 5.41) is 9.17. The largest absolute Gasteiger partial charge is 0.396 e. The second-order valence-electron chi connectivity index (χ2n) is 4.81. The number of halogens is 1. The first kappa shape index (κ1) is 12.5. The number of aliphatic hydroxyl groups excluding tert-OH is 1. The average Bonchev–Trinajstić information content (AvgIpc) is 2.81. The van der Waals surface area contributed by atoms with Crippen LogP contribution in [0.3, 0.4) is 0 Å². The maximum absolute atomic E-state index is 12.9. The monoisotopic (exact) mass is 237 g/mol. The SMILES string of the molecule is CCC(c1ccc(F)cc1)N1CCC(CO)C1. The van der Waals surface area contributed by atoms with Gasteiger partial charge in [0.05, 0.1) is 0 Å². The summed E-state index contributed by atoms with van der Waals surface area (Å²) in [5.74, 6) is 0.225. The molecule has 1 aliphatic heterocycles. The molecule has 0 radical (unpaired) electrons. The van der Waals surface area contributed by atoms with Crippen molar-refractivity contribution >= 4 is 0 Å². The predicted octanol–water partition coefficient (Wildman–Crippen LogP) is 2.59. The van der Waals surface area contributed by atoms with Crippen LogP contribution >= 0.6 is 0 Å². The van der Waals surface area contributed by atoms with Gasteiger partial charge in [0.2, 0.25) is 0 Å². The molecule has 1 aliphatic rings. The molecule has 2 nitrogen and oxygen atoms in total. The lowest BCUT2D eigenvalue weighted by molar-refractivity contribution is 0.195. The fraction of sp³-hybridized carbons (Fsp3) is 0.571. The third kappa shape index (κ3) is 2.85. The van der Waals surface area contributed by atoms with Crippen LogP contribution in [-0.4, -0.2) is 29.7 Å². The molecule has 0 bridgehead atoms. The lowest BCUT2D eigenvalue weighted by Gasteiger charge is -2.27. The number of rotatable bonds is 4. The standard InChI is InChI=1S/C14H20FNO/c1-2-14(12-3-5-13(15)6-4-12)16-8-7-11(9-16)10-17/h3-6,11,14,17H,2,7-10H2,1H3. The van der Waals surface area contributed by atoms with Crippen LogP contribution < -0.4 is 0 Å². The van der Waals surface area contributed by atoms with E-state index in [1.165, 1.54) is 17.7 Å². The Balaban J connectivity index is 2.08. The Morgan fingerprint density at radius 1 is 1.41 bits per heavy atom. The topological polar surface area (TPSA) is 23.5 Å². The third-order valence-electron chi connectivity index (χ3n) is 3.66. The Labute approximate surface area is 102 Å². The van der Waals surface area contributed by atoms with Crippen LogP contribution in [0, 0.1) is 11.7 Å². The molecule has 2 rings (SSSR count). The van der Waals surface area contributed by atoms with Gasteiger partial charge in [-0.15, -0.1) is 0 Å². The summed E-state index contributed by atoms with van der Waals surface area (Å²) in [7, 11) is 0. The fourth-order valence-corrected chi connectivity index (χ4v) is 2.68. The zero-order valence-electron chi connectivity index (χ0n) is 10.3. The van der Waals surface area contributed by atoms with E-state index in [4.69, 9.17) is 5.11 Å². The van der Waals surface area contributed by atoms with Crippen LogP contribution in [-0.2, 0) is 0 Å². The van der Waals surface area contributed by atoms with Crippen molar-refractivity contribution in [1.29, 1.82) is 0 Å². The smallest absolute Gasteiger partial charge is 0.123 e. The molecule has 1 aromatic carbocycles. The lowest BCUT2D eigenvalue weighted by Crippen LogP contribution is -2.26. The first-order valence-corrected chi connectivity index (χ1v) is 6.35. The molecule has 1 aromatic rings. The average molecular weight is 237 g/mol. The maximum atomic E-state index is 12.9. The molecule has 0 aromatic heterocycles. The summed E-state index contributed by atoms with van der Waals surface area (Å²) in [6.07, 6.45) is 2.08. The van der Waals surface area contributed by atoms with Crippen LogP contribution in [0.1, 0.15) is 31.4 Å². The Hall–Kier alpha value is -0.930. The van der Waals surface area contributed by atoms with Crippen molar-refractivity contribution in [3.63, 3.8) is 0 Å². The van der Waals surface area contributed by atoms with Crippen molar-refractivity contribution in [1.82, 2.24) is 4.90 Å². The lowest BCUT2D eigenvalue weighted by atomic mass is 10.0. The van der Waals surface area contributed by atoms with Gasteiger partial charge < -0.3 is 5.11 Å². The van der Waals surface area contributed by atoms with E-state index in [0.29, 0.717) is 12.0 Å². The first-order chi connectivity index (χ1) is 8.24. The minimum atomic E-state index is -0.182. The van der Waals surface area contributed by atoms with Crippen molar-refractivity contribution in [3.05, 3.63) is 35.6 Å². The zero-order valence-corrected chi connectivity index (χ0v) is 10.3. The van der Waals surface area contributed by atoms with E-state index in [9.17, 15) is 4.39 Å². The van der Waals surface area contributed by atoms with Crippen molar-refractivity contribution in [3.8, 4) is 0 Å². The highest BCUT2D eigenvalue weighted by atomic mass is 19.1. The molecule has 17 heavy (non-hydrogen) atoms. The van der Waals surface area contributed by atoms with Gasteiger partial charge in [-0.1, -0.05) is 19.1 Å². The first-order valence-electron chi connectivity index (χ1n) is 6.35. The quantitative estimate of drug-likeness (QED) is 0.870. The van der Waals surface area contributed by atoms with E-state index >= 15 is 0 Å². The fourth-order valence-electron chi connectivity index (χ4n) is 2.68. The maximum Gasteiger partial charge on any atom is 0.123 e. The molecule has 2 atom stereocenters. The number of hydrogen-bond donors (Lipinski definition) is 1. The molecule has 0 aliphatic carbocycles. The minimum absolute atomic E-state index is 0.182. The van der Waals surface area contributed by atoms with Crippen LogP contribution in [0.4, 0.5) is 4.39 Å². The van der Waals surface area contributed by atoms with Crippen LogP contribution in [0.2, 0.25) is 0 Å². The van der Waals surface area contributed by atoms with Gasteiger partial charge in [-0.2, -0.15) is 0 Å². The second-order valence-corrected chi connectivity index (χ2v) is 4.81. The van der Waals surface area contributed by atoms with Gasteiger partial charge in [-0.05, 0) is 43.0 Å². The van der Waals surface area contributed by atoms with E-state index in [1.54, 1.807) is 0 Å². The third-order valence-corrected chi connectivity index (χ3v) is 3.66. The Kier molecular flexibility index (Phi) is 4.13. The number of benzene rings is 1. The van der Waals surface area contributed by atoms with E-state index in [-0.39, 0.29) is 12.4 Å². The number of hydrogen-bond acceptors (Lipinski definition) is 2. The van der Waals surface area contributed by atoms with Crippen molar-refractivity contribution in [2.75, 3.05) is 19.7 Å². The summed E-state index contributed by atoms with van der Waals surface area (Å²) in [4.78, 5) is 2.40. The van der Waals surface area contributed by atoms with E-state index in [2.05, 4.69) is 11.8 Å². The molecule has 1 heterocycles. The van der Waals surface area contributed by atoms with Gasteiger partial charge in [0, 0.05) is 19.2 Å². The molecular formula is C14H20FNO. The predicted molar refractivity (Wildman–Crippen MR) is 66.2 cm³/mol. The van der Waals surface area contributed by atoms with E-state index < -0.39 is 0 Å². The summed E-state index contributed by atoms with van der Waals surface area (Å²) in [6.45, 7) is 4.41. The highest BCUT2D eigenvalue weighted by molar-refractivity contribution is 5.20. The van der Waals surface area contributed by atoms with Crippen LogP contribution in [0.5, 0.6) is 0 Å². The zero-order chi connectivity index (χ0) is 12.3. The van der Waals surface area contributed by atoms with Crippen molar-refractivity contribution in [2.24, 2.45) is 5.92 Å². The molecule has 1 N–H and O–H groups in total. The van der Waals surface area contributed by atoms with E-state index in [1.807, 2.05) is 12.1 Å². The summed E-state index contributed by atoms with van der Waals surface area (Å²) < 4.78 is 12.9. The number of nitrogens with zero attached hydrogens (tertiary/aromatic N) is 1. The Morgan fingerprint density at radius 3 is 2.65 bits per heavy atom. The number of likely N-dealkylation sites (tertiary alicyclic amines) is 1. The molecule has 0 spiro atoms. The van der Waals surface area contributed by atoms with Crippen molar-refractivity contribution in [2.45, 2.75) is 25.8 Å². The summed E-state index contributed by atoms with van der Waals surface area (Å²) in [6, 6.07) is 7.15. The van der Waals surface area contributed by atoms with Crippen LogP contribution in [0.15, 0.2) is 24.3 Å². The molecule has 1 saturated heterocycles. The molecule has 3 heteroatoms.